The number of nitrogens with zero attached hydrogens (tertiary/aromatic N) is 2. The molecule has 0 saturated heterocycles. The van der Waals surface area contributed by atoms with E-state index in [2.05, 4.69) is 9.71 Å². The number of nitrogens with one attached hydrogen (secondary N) is 1. The van der Waals surface area contributed by atoms with Crippen LogP contribution in [0.4, 0.5) is 8.78 Å². The minimum Gasteiger partial charge on any atom is -0.269 e. The molecular formula is C17H17F2N3O4S2. The highest BCUT2D eigenvalue weighted by Gasteiger charge is 2.26. The molecule has 1 aromatic heterocycles. The summed E-state index contributed by atoms with van der Waals surface area (Å²) in [5.74, 6) is -0.132. The number of benzene rings is 2. The van der Waals surface area contributed by atoms with Crippen molar-refractivity contribution in [2.24, 2.45) is 0 Å². The van der Waals surface area contributed by atoms with Gasteiger partial charge in [0.2, 0.25) is 10.0 Å². The summed E-state index contributed by atoms with van der Waals surface area (Å²) in [4.78, 5) is 3.92. The van der Waals surface area contributed by atoms with E-state index in [0.717, 1.165) is 18.4 Å². The number of halogens is 2. The third kappa shape index (κ3) is 3.91. The maximum atomic E-state index is 13.6. The lowest BCUT2D eigenvalue weighted by Gasteiger charge is -2.16. The maximum Gasteiger partial charge on any atom is 0.320 e. The predicted molar refractivity (Wildman–Crippen MR) is 99.3 cm³/mol. The molecule has 28 heavy (non-hydrogen) atoms. The Morgan fingerprint density at radius 1 is 0.964 bits per heavy atom. The number of alkyl halides is 2. The predicted octanol–water partition coefficient (Wildman–Crippen LogP) is 2.87. The fourth-order valence-electron chi connectivity index (χ4n) is 2.79. The molecule has 0 aliphatic rings. The third-order valence-electron chi connectivity index (χ3n) is 4.10. The van der Waals surface area contributed by atoms with Crippen molar-refractivity contribution in [3.63, 3.8) is 0 Å². The molecule has 0 radical (unpaired) electrons. The summed E-state index contributed by atoms with van der Waals surface area (Å²) in [6, 6.07) is 9.83. The summed E-state index contributed by atoms with van der Waals surface area (Å²) >= 11 is 0. The molecule has 0 unspecified atom stereocenters. The lowest BCUT2D eigenvalue weighted by Crippen LogP contribution is -2.29. The number of aromatic nitrogens is 2. The van der Waals surface area contributed by atoms with Gasteiger partial charge < -0.3 is 0 Å². The van der Waals surface area contributed by atoms with Crippen molar-refractivity contribution in [1.82, 2.24) is 14.3 Å². The van der Waals surface area contributed by atoms with Gasteiger partial charge in [0.1, 0.15) is 5.82 Å². The first kappa shape index (κ1) is 20.4. The van der Waals surface area contributed by atoms with Gasteiger partial charge in [-0.3, -0.25) is 4.57 Å². The van der Waals surface area contributed by atoms with Crippen LogP contribution in [0.25, 0.3) is 11.0 Å². The summed E-state index contributed by atoms with van der Waals surface area (Å²) < 4.78 is 78.3. The van der Waals surface area contributed by atoms with Crippen LogP contribution in [0.1, 0.15) is 25.3 Å². The Morgan fingerprint density at radius 3 is 2.11 bits per heavy atom. The van der Waals surface area contributed by atoms with Crippen molar-refractivity contribution in [2.45, 2.75) is 29.3 Å². The monoisotopic (exact) mass is 429 g/mol. The van der Waals surface area contributed by atoms with Crippen molar-refractivity contribution in [2.75, 3.05) is 6.26 Å². The van der Waals surface area contributed by atoms with E-state index >= 15 is 0 Å². The first-order chi connectivity index (χ1) is 13.0. The highest BCUT2D eigenvalue weighted by molar-refractivity contribution is 7.90. The molecule has 0 bridgehead atoms. The second-order valence-corrected chi connectivity index (χ2v) is 9.92. The van der Waals surface area contributed by atoms with Crippen LogP contribution in [-0.2, 0) is 19.9 Å². The second-order valence-electron chi connectivity index (χ2n) is 6.19. The minimum absolute atomic E-state index is 0.0287. The molecule has 2 aromatic carbocycles. The van der Waals surface area contributed by atoms with Crippen LogP contribution in [0.3, 0.4) is 0 Å². The van der Waals surface area contributed by atoms with Gasteiger partial charge in [-0.2, -0.15) is 8.78 Å². The molecule has 3 rings (SSSR count). The van der Waals surface area contributed by atoms with Crippen LogP contribution in [0.15, 0.2) is 58.3 Å². The largest absolute Gasteiger partial charge is 0.320 e. The van der Waals surface area contributed by atoms with Gasteiger partial charge in [0, 0.05) is 6.26 Å². The molecule has 1 atom stereocenters. The highest BCUT2D eigenvalue weighted by atomic mass is 32.2. The van der Waals surface area contributed by atoms with E-state index < -0.39 is 32.5 Å². The Hall–Kier alpha value is -2.37. The number of hydrogen-bond donors (Lipinski definition) is 1. The van der Waals surface area contributed by atoms with Crippen LogP contribution in [0.5, 0.6) is 0 Å². The van der Waals surface area contributed by atoms with E-state index in [4.69, 9.17) is 0 Å². The lowest BCUT2D eigenvalue weighted by molar-refractivity contribution is 0.0702. The Kier molecular flexibility index (Phi) is 5.26. The highest BCUT2D eigenvalue weighted by Crippen LogP contribution is 2.27. The normalized spacial score (nSPS) is 13.9. The number of hydrogen-bond acceptors (Lipinski definition) is 5. The van der Waals surface area contributed by atoms with Crippen molar-refractivity contribution >= 4 is 30.9 Å². The van der Waals surface area contributed by atoms with Gasteiger partial charge in [-0.1, -0.05) is 12.1 Å². The fourth-order valence-corrected chi connectivity index (χ4v) is 4.62. The molecule has 1 heterocycles. The molecule has 0 fully saturated rings. The van der Waals surface area contributed by atoms with Gasteiger partial charge in [0.15, 0.2) is 9.84 Å². The van der Waals surface area contributed by atoms with E-state index in [0.29, 0.717) is 10.1 Å². The van der Waals surface area contributed by atoms with E-state index in [1.54, 1.807) is 18.2 Å². The zero-order valence-corrected chi connectivity index (χ0v) is 16.5. The van der Waals surface area contributed by atoms with Gasteiger partial charge in [0.05, 0.1) is 26.9 Å². The number of para-hydroxylation sites is 2. The standard InChI is InChI=1S/C17H17F2N3O4S2/c1-11(16-20-14-5-3-4-6-15(14)22(16)17(18)19)21-28(25,26)13-9-7-12(8-10-13)27(2,23)24/h3-11,17,21H,1-2H3/t11-/m1/s1. The number of fused-ring (bicyclic) bond motifs is 1. The Labute approximate surface area is 161 Å². The van der Waals surface area contributed by atoms with Gasteiger partial charge in [-0.15, -0.1) is 0 Å². The van der Waals surface area contributed by atoms with E-state index in [9.17, 15) is 25.6 Å². The fraction of sp³-hybridized carbons (Fsp3) is 0.235. The van der Waals surface area contributed by atoms with Crippen LogP contribution in [0.2, 0.25) is 0 Å². The summed E-state index contributed by atoms with van der Waals surface area (Å²) in [6.45, 7) is -1.49. The topological polar surface area (TPSA) is 98.1 Å². The van der Waals surface area contributed by atoms with E-state index in [1.807, 2.05) is 0 Å². The molecule has 0 aliphatic heterocycles. The number of sulfone groups is 1. The van der Waals surface area contributed by atoms with Crippen LogP contribution >= 0.6 is 0 Å². The minimum atomic E-state index is -4.09. The van der Waals surface area contributed by atoms with Gasteiger partial charge >= 0.3 is 6.55 Å². The number of imidazole rings is 1. The summed E-state index contributed by atoms with van der Waals surface area (Å²) in [7, 11) is -7.57. The summed E-state index contributed by atoms with van der Waals surface area (Å²) in [5, 5.41) is 0. The molecule has 150 valence electrons. The van der Waals surface area contributed by atoms with Crippen LogP contribution in [0, 0.1) is 0 Å². The average Bonchev–Trinajstić information content (AvgIpc) is 3.00. The van der Waals surface area contributed by atoms with Crippen molar-refractivity contribution in [3.05, 3.63) is 54.4 Å². The molecule has 1 N–H and O–H groups in total. The zero-order valence-electron chi connectivity index (χ0n) is 14.9. The van der Waals surface area contributed by atoms with Gasteiger partial charge in [0.25, 0.3) is 0 Å². The summed E-state index contributed by atoms with van der Waals surface area (Å²) in [6.07, 6.45) is 1.01. The molecule has 11 heteroatoms. The third-order valence-corrected chi connectivity index (χ3v) is 6.78. The Bertz CT molecular complexity index is 1220. The SMILES string of the molecule is C[C@@H](NS(=O)(=O)c1ccc(S(C)(=O)=O)cc1)c1nc2ccccc2n1C(F)F. The van der Waals surface area contributed by atoms with Crippen molar-refractivity contribution < 1.29 is 25.6 Å². The second kappa shape index (κ2) is 7.22. The molecule has 0 aliphatic carbocycles. The van der Waals surface area contributed by atoms with Gasteiger partial charge in [-0.25, -0.2) is 26.5 Å². The van der Waals surface area contributed by atoms with Crippen molar-refractivity contribution in [1.29, 1.82) is 0 Å². The Balaban J connectivity index is 1.95. The molecule has 0 saturated carbocycles. The first-order valence-electron chi connectivity index (χ1n) is 8.08. The van der Waals surface area contributed by atoms with Crippen LogP contribution in [-0.4, -0.2) is 32.6 Å². The smallest absolute Gasteiger partial charge is 0.269 e. The molecule has 0 amide bonds. The van der Waals surface area contributed by atoms with Gasteiger partial charge in [-0.05, 0) is 43.3 Å². The van der Waals surface area contributed by atoms with E-state index in [1.165, 1.54) is 25.1 Å². The quantitative estimate of drug-likeness (QED) is 0.650. The molecule has 7 nitrogen and oxygen atoms in total. The number of rotatable bonds is 6. The maximum absolute atomic E-state index is 13.6. The molecule has 0 spiro atoms. The zero-order chi connectivity index (χ0) is 20.7. The molecule has 3 aromatic rings. The first-order valence-corrected chi connectivity index (χ1v) is 11.5. The lowest BCUT2D eigenvalue weighted by atomic mass is 10.3. The van der Waals surface area contributed by atoms with Crippen LogP contribution < -0.4 is 4.72 Å². The summed E-state index contributed by atoms with van der Waals surface area (Å²) in [5.41, 5.74) is 0.511. The number of sulfonamides is 1. The van der Waals surface area contributed by atoms with Crippen molar-refractivity contribution in [3.8, 4) is 0 Å². The van der Waals surface area contributed by atoms with E-state index in [-0.39, 0.29) is 21.1 Å². The Morgan fingerprint density at radius 2 is 1.54 bits per heavy atom. The average molecular weight is 429 g/mol. The molecular weight excluding hydrogens is 412 g/mol.